The summed E-state index contributed by atoms with van der Waals surface area (Å²) in [4.78, 5) is 2.39. The molecule has 1 aromatic carbocycles. The summed E-state index contributed by atoms with van der Waals surface area (Å²) in [5, 5.41) is 13.8. The lowest BCUT2D eigenvalue weighted by Crippen LogP contribution is -2.39. The van der Waals surface area contributed by atoms with E-state index in [0.717, 1.165) is 43.3 Å². The van der Waals surface area contributed by atoms with Gasteiger partial charge < -0.3 is 4.74 Å². The topological polar surface area (TPSA) is 54.1 Å². The fraction of sp³-hybridized carbons (Fsp3) is 0.474. The normalized spacial score (nSPS) is 20.5. The van der Waals surface area contributed by atoms with Gasteiger partial charge in [-0.25, -0.2) is 0 Å². The highest BCUT2D eigenvalue weighted by molar-refractivity contribution is 5.37. The van der Waals surface area contributed by atoms with Gasteiger partial charge in [-0.2, -0.15) is 10.4 Å². The molecule has 4 rings (SSSR count). The fourth-order valence-corrected chi connectivity index (χ4v) is 3.37. The molecule has 1 atom stereocenters. The van der Waals surface area contributed by atoms with E-state index >= 15 is 0 Å². The molecule has 5 nitrogen and oxygen atoms in total. The molecular weight excluding hydrogens is 300 g/mol. The minimum absolute atomic E-state index is 0.247. The molecule has 5 heteroatoms. The van der Waals surface area contributed by atoms with Crippen molar-refractivity contribution in [3.05, 3.63) is 53.3 Å². The number of ether oxygens (including phenoxy) is 1. The molecule has 0 radical (unpaired) electrons. The first kappa shape index (κ1) is 15.4. The van der Waals surface area contributed by atoms with Gasteiger partial charge in [0.15, 0.2) is 0 Å². The van der Waals surface area contributed by atoms with Crippen LogP contribution in [0.3, 0.4) is 0 Å². The lowest BCUT2D eigenvalue weighted by Gasteiger charge is -2.34. The van der Waals surface area contributed by atoms with Crippen molar-refractivity contribution in [2.24, 2.45) is 5.92 Å². The highest BCUT2D eigenvalue weighted by Gasteiger charge is 2.27. The van der Waals surface area contributed by atoms with Gasteiger partial charge >= 0.3 is 0 Å². The molecule has 1 aliphatic carbocycles. The summed E-state index contributed by atoms with van der Waals surface area (Å²) in [6.07, 6.45) is 4.50. The minimum Gasteiger partial charge on any atom is -0.379 e. The summed E-state index contributed by atoms with van der Waals surface area (Å²) >= 11 is 0. The van der Waals surface area contributed by atoms with Gasteiger partial charge in [0.25, 0.3) is 0 Å². The van der Waals surface area contributed by atoms with Crippen LogP contribution in [-0.4, -0.2) is 34.4 Å². The zero-order chi connectivity index (χ0) is 16.4. The van der Waals surface area contributed by atoms with E-state index in [-0.39, 0.29) is 6.04 Å². The van der Waals surface area contributed by atoms with E-state index in [1.807, 2.05) is 30.5 Å². The number of fused-ring (bicyclic) bond motifs is 1. The number of nitrogens with zero attached hydrogens (tertiary/aromatic N) is 4. The Kier molecular flexibility index (Phi) is 4.33. The number of hydrogen-bond acceptors (Lipinski definition) is 4. The lowest BCUT2D eigenvalue weighted by atomic mass is 10.1. The Morgan fingerprint density at radius 1 is 1.21 bits per heavy atom. The van der Waals surface area contributed by atoms with Gasteiger partial charge in [-0.3, -0.25) is 9.58 Å². The predicted octanol–water partition coefficient (Wildman–Crippen LogP) is 2.74. The summed E-state index contributed by atoms with van der Waals surface area (Å²) in [7, 11) is 0. The summed E-state index contributed by atoms with van der Waals surface area (Å²) < 4.78 is 8.04. The Morgan fingerprint density at radius 2 is 2.08 bits per heavy atom. The zero-order valence-corrected chi connectivity index (χ0v) is 13.8. The van der Waals surface area contributed by atoms with E-state index in [4.69, 9.17) is 4.74 Å². The molecule has 0 spiro atoms. The SMILES string of the molecule is N#Cc1ccccc1CN1Cc2ccnn2C(COCC2CC2)C1. The van der Waals surface area contributed by atoms with Crippen molar-refractivity contribution in [1.82, 2.24) is 14.7 Å². The first-order valence-corrected chi connectivity index (χ1v) is 8.64. The van der Waals surface area contributed by atoms with Gasteiger partial charge in [0.2, 0.25) is 0 Å². The quantitative estimate of drug-likeness (QED) is 0.820. The summed E-state index contributed by atoms with van der Waals surface area (Å²) in [6.45, 7) is 4.14. The molecule has 0 N–H and O–H groups in total. The smallest absolute Gasteiger partial charge is 0.0995 e. The van der Waals surface area contributed by atoms with E-state index in [2.05, 4.69) is 26.8 Å². The van der Waals surface area contributed by atoms with Crippen molar-refractivity contribution in [3.8, 4) is 6.07 Å². The highest BCUT2D eigenvalue weighted by Crippen LogP contribution is 2.29. The monoisotopic (exact) mass is 322 g/mol. The molecule has 1 saturated carbocycles. The molecule has 1 unspecified atom stereocenters. The van der Waals surface area contributed by atoms with Crippen LogP contribution >= 0.6 is 0 Å². The first-order valence-electron chi connectivity index (χ1n) is 8.64. The number of aromatic nitrogens is 2. The van der Waals surface area contributed by atoms with E-state index in [0.29, 0.717) is 6.61 Å². The molecule has 2 heterocycles. The maximum atomic E-state index is 9.30. The molecule has 124 valence electrons. The average Bonchev–Trinajstić information content (AvgIpc) is 3.30. The lowest BCUT2D eigenvalue weighted by molar-refractivity contribution is 0.0568. The highest BCUT2D eigenvalue weighted by atomic mass is 16.5. The Bertz CT molecular complexity index is 744. The van der Waals surface area contributed by atoms with Crippen LogP contribution < -0.4 is 0 Å². The maximum absolute atomic E-state index is 9.30. The van der Waals surface area contributed by atoms with Crippen LogP contribution in [0, 0.1) is 17.2 Å². The molecule has 1 fully saturated rings. The maximum Gasteiger partial charge on any atom is 0.0995 e. The van der Waals surface area contributed by atoms with Crippen LogP contribution in [0.25, 0.3) is 0 Å². The molecule has 1 aliphatic heterocycles. The second kappa shape index (κ2) is 6.76. The standard InChI is InChI=1S/C19H22N4O/c20-9-16-3-1-2-4-17(16)10-22-11-18-7-8-21-23(18)19(12-22)14-24-13-15-5-6-15/h1-4,7-8,15,19H,5-6,10-14H2. The Balaban J connectivity index is 1.46. The predicted molar refractivity (Wildman–Crippen MR) is 90.1 cm³/mol. The van der Waals surface area contributed by atoms with Crippen LogP contribution in [0.4, 0.5) is 0 Å². The van der Waals surface area contributed by atoms with E-state index in [9.17, 15) is 5.26 Å². The number of hydrogen-bond donors (Lipinski definition) is 0. The Morgan fingerprint density at radius 3 is 2.92 bits per heavy atom. The fourth-order valence-electron chi connectivity index (χ4n) is 3.37. The van der Waals surface area contributed by atoms with Crippen molar-refractivity contribution in [2.45, 2.75) is 32.0 Å². The van der Waals surface area contributed by atoms with Crippen LogP contribution in [0.2, 0.25) is 0 Å². The van der Waals surface area contributed by atoms with Crippen molar-refractivity contribution in [3.63, 3.8) is 0 Å². The number of benzene rings is 1. The van der Waals surface area contributed by atoms with Crippen LogP contribution in [0.15, 0.2) is 36.5 Å². The summed E-state index contributed by atoms with van der Waals surface area (Å²) in [5.41, 5.74) is 3.07. The third-order valence-corrected chi connectivity index (χ3v) is 4.85. The first-order chi connectivity index (χ1) is 11.8. The van der Waals surface area contributed by atoms with Gasteiger partial charge in [0.05, 0.1) is 30.0 Å². The van der Waals surface area contributed by atoms with Crippen LogP contribution in [0.5, 0.6) is 0 Å². The summed E-state index contributed by atoms with van der Waals surface area (Å²) in [6, 6.07) is 12.5. The van der Waals surface area contributed by atoms with Gasteiger partial charge in [0, 0.05) is 32.4 Å². The van der Waals surface area contributed by atoms with Crippen molar-refractivity contribution in [1.29, 1.82) is 5.26 Å². The van der Waals surface area contributed by atoms with Crippen molar-refractivity contribution in [2.75, 3.05) is 19.8 Å². The molecule has 0 bridgehead atoms. The molecule has 2 aliphatic rings. The third kappa shape index (κ3) is 3.35. The van der Waals surface area contributed by atoms with E-state index in [1.54, 1.807) is 0 Å². The van der Waals surface area contributed by atoms with E-state index < -0.39 is 0 Å². The second-order valence-electron chi connectivity index (χ2n) is 6.84. The van der Waals surface area contributed by atoms with Crippen molar-refractivity contribution < 1.29 is 4.74 Å². The largest absolute Gasteiger partial charge is 0.379 e. The average molecular weight is 322 g/mol. The Labute approximate surface area is 142 Å². The van der Waals surface area contributed by atoms with Crippen LogP contribution in [0.1, 0.15) is 35.7 Å². The van der Waals surface area contributed by atoms with Crippen LogP contribution in [-0.2, 0) is 17.8 Å². The molecule has 2 aromatic rings. The van der Waals surface area contributed by atoms with Gasteiger partial charge in [0.1, 0.15) is 0 Å². The molecular formula is C19H22N4O. The third-order valence-electron chi connectivity index (χ3n) is 4.85. The molecule has 0 saturated heterocycles. The number of nitriles is 1. The van der Waals surface area contributed by atoms with Gasteiger partial charge in [-0.05, 0) is 36.5 Å². The molecule has 0 amide bonds. The minimum atomic E-state index is 0.247. The zero-order valence-electron chi connectivity index (χ0n) is 13.8. The van der Waals surface area contributed by atoms with Gasteiger partial charge in [-0.15, -0.1) is 0 Å². The van der Waals surface area contributed by atoms with Crippen molar-refractivity contribution >= 4 is 0 Å². The summed E-state index contributed by atoms with van der Waals surface area (Å²) in [5.74, 6) is 0.782. The molecule has 24 heavy (non-hydrogen) atoms. The second-order valence-corrected chi connectivity index (χ2v) is 6.84. The molecule has 1 aromatic heterocycles. The Hall–Kier alpha value is -2.16. The van der Waals surface area contributed by atoms with Gasteiger partial charge in [-0.1, -0.05) is 18.2 Å². The van der Waals surface area contributed by atoms with E-state index in [1.165, 1.54) is 18.5 Å². The number of rotatable bonds is 6.